The van der Waals surface area contributed by atoms with Crippen molar-refractivity contribution in [3.63, 3.8) is 0 Å². The van der Waals surface area contributed by atoms with Crippen LogP contribution in [0.1, 0.15) is 38.3 Å². The van der Waals surface area contributed by atoms with Crippen LogP contribution in [0.3, 0.4) is 0 Å². The first-order valence-corrected chi connectivity index (χ1v) is 7.69. The number of carbonyl (C=O) groups excluding carboxylic acids is 1. The number of halogens is 1. The van der Waals surface area contributed by atoms with E-state index in [0.29, 0.717) is 6.54 Å². The van der Waals surface area contributed by atoms with Crippen LogP contribution in [-0.4, -0.2) is 30.4 Å². The molecule has 0 spiro atoms. The third kappa shape index (κ3) is 4.50. The lowest BCUT2D eigenvalue weighted by Gasteiger charge is -2.30. The molecule has 2 rings (SSSR count). The van der Waals surface area contributed by atoms with E-state index in [2.05, 4.69) is 17.1 Å². The maximum atomic E-state index is 12.1. The van der Waals surface area contributed by atoms with Crippen LogP contribution in [0.5, 0.6) is 0 Å². The fourth-order valence-electron chi connectivity index (χ4n) is 2.55. The largest absolute Gasteiger partial charge is 0.348 e. The second kappa shape index (κ2) is 7.09. The molecule has 1 aliphatic heterocycles. The van der Waals surface area contributed by atoms with E-state index < -0.39 is 0 Å². The quantitative estimate of drug-likeness (QED) is 0.924. The fraction of sp³-hybridized carbons (Fsp3) is 0.562. The lowest BCUT2D eigenvalue weighted by Crippen LogP contribution is -2.41. The van der Waals surface area contributed by atoms with Crippen molar-refractivity contribution in [2.45, 2.75) is 32.7 Å². The monoisotopic (exact) mass is 294 g/mol. The number of hydrogen-bond donors (Lipinski definition) is 1. The molecule has 1 heterocycles. The highest BCUT2D eigenvalue weighted by atomic mass is 35.5. The summed E-state index contributed by atoms with van der Waals surface area (Å²) < 4.78 is 0. The van der Waals surface area contributed by atoms with E-state index in [1.807, 2.05) is 31.2 Å². The Morgan fingerprint density at radius 3 is 2.55 bits per heavy atom. The van der Waals surface area contributed by atoms with Gasteiger partial charge in [0.15, 0.2) is 0 Å². The van der Waals surface area contributed by atoms with Crippen molar-refractivity contribution in [2.24, 2.45) is 5.92 Å². The highest BCUT2D eigenvalue weighted by Gasteiger charge is 2.18. The molecule has 0 bridgehead atoms. The second-order valence-corrected chi connectivity index (χ2v) is 6.24. The second-order valence-electron chi connectivity index (χ2n) is 5.80. The van der Waals surface area contributed by atoms with Gasteiger partial charge >= 0.3 is 0 Å². The van der Waals surface area contributed by atoms with Crippen LogP contribution < -0.4 is 5.32 Å². The molecule has 1 fully saturated rings. The number of likely N-dealkylation sites (tertiary alicyclic amines) is 1. The Morgan fingerprint density at radius 1 is 1.35 bits per heavy atom. The molecule has 4 heteroatoms. The third-order valence-electron chi connectivity index (χ3n) is 3.99. The van der Waals surface area contributed by atoms with E-state index in [9.17, 15) is 4.79 Å². The van der Waals surface area contributed by atoms with Gasteiger partial charge in [0, 0.05) is 5.02 Å². The Labute approximate surface area is 126 Å². The SMILES string of the molecule is CC1CCN(CC(=O)NC(C)c2ccc(Cl)cc2)CC1. The molecule has 1 saturated heterocycles. The average molecular weight is 295 g/mol. The normalized spacial score (nSPS) is 18.8. The Balaban J connectivity index is 1.80. The molecule has 1 atom stereocenters. The average Bonchev–Trinajstić information content (AvgIpc) is 2.42. The molecule has 3 nitrogen and oxygen atoms in total. The van der Waals surface area contributed by atoms with Crippen LogP contribution in [0.2, 0.25) is 5.02 Å². The van der Waals surface area contributed by atoms with Gasteiger partial charge in [0.1, 0.15) is 0 Å². The van der Waals surface area contributed by atoms with Crippen molar-refractivity contribution >= 4 is 17.5 Å². The van der Waals surface area contributed by atoms with Gasteiger partial charge in [-0.1, -0.05) is 30.7 Å². The fourth-order valence-corrected chi connectivity index (χ4v) is 2.67. The molecule has 0 saturated carbocycles. The van der Waals surface area contributed by atoms with Crippen molar-refractivity contribution in [3.8, 4) is 0 Å². The van der Waals surface area contributed by atoms with E-state index in [1.54, 1.807) is 0 Å². The number of nitrogens with one attached hydrogen (secondary N) is 1. The summed E-state index contributed by atoms with van der Waals surface area (Å²) in [5, 5.41) is 3.77. The molecular weight excluding hydrogens is 272 g/mol. The van der Waals surface area contributed by atoms with E-state index >= 15 is 0 Å². The van der Waals surface area contributed by atoms with Gasteiger partial charge in [0.2, 0.25) is 5.91 Å². The Morgan fingerprint density at radius 2 is 1.95 bits per heavy atom. The maximum absolute atomic E-state index is 12.1. The Kier molecular flexibility index (Phi) is 5.44. The minimum Gasteiger partial charge on any atom is -0.348 e. The lowest BCUT2D eigenvalue weighted by molar-refractivity contribution is -0.123. The summed E-state index contributed by atoms with van der Waals surface area (Å²) in [6.07, 6.45) is 2.39. The number of amides is 1. The van der Waals surface area contributed by atoms with Crippen molar-refractivity contribution in [1.82, 2.24) is 10.2 Å². The zero-order valence-electron chi connectivity index (χ0n) is 12.2. The summed E-state index contributed by atoms with van der Waals surface area (Å²) >= 11 is 5.87. The molecule has 1 aliphatic rings. The van der Waals surface area contributed by atoms with E-state index in [-0.39, 0.29) is 11.9 Å². The number of hydrogen-bond acceptors (Lipinski definition) is 2. The maximum Gasteiger partial charge on any atom is 0.234 e. The molecule has 1 N–H and O–H groups in total. The molecule has 0 aromatic heterocycles. The number of benzene rings is 1. The van der Waals surface area contributed by atoms with Gasteiger partial charge in [-0.3, -0.25) is 9.69 Å². The van der Waals surface area contributed by atoms with Gasteiger partial charge in [-0.05, 0) is 56.5 Å². The number of rotatable bonds is 4. The molecule has 110 valence electrons. The first-order valence-electron chi connectivity index (χ1n) is 7.32. The van der Waals surface area contributed by atoms with Crippen molar-refractivity contribution in [2.75, 3.05) is 19.6 Å². The van der Waals surface area contributed by atoms with Crippen LogP contribution >= 0.6 is 11.6 Å². The van der Waals surface area contributed by atoms with E-state index in [1.165, 1.54) is 12.8 Å². The minimum atomic E-state index is 0.0171. The van der Waals surface area contributed by atoms with Crippen LogP contribution in [-0.2, 0) is 4.79 Å². The molecule has 20 heavy (non-hydrogen) atoms. The molecule has 0 radical (unpaired) electrons. The molecule has 0 aliphatic carbocycles. The number of carbonyl (C=O) groups is 1. The van der Waals surface area contributed by atoms with Crippen LogP contribution in [0.4, 0.5) is 0 Å². The van der Waals surface area contributed by atoms with Gasteiger partial charge in [-0.15, -0.1) is 0 Å². The number of piperidine rings is 1. The predicted molar refractivity (Wildman–Crippen MR) is 82.8 cm³/mol. The van der Waals surface area contributed by atoms with Crippen LogP contribution in [0, 0.1) is 5.92 Å². The Bertz CT molecular complexity index is 438. The molecule has 1 amide bonds. The van der Waals surface area contributed by atoms with Crippen molar-refractivity contribution < 1.29 is 4.79 Å². The summed E-state index contributed by atoms with van der Waals surface area (Å²) in [6, 6.07) is 7.63. The first kappa shape index (κ1) is 15.3. The predicted octanol–water partition coefficient (Wildman–Crippen LogP) is 3.25. The zero-order chi connectivity index (χ0) is 14.5. The summed E-state index contributed by atoms with van der Waals surface area (Å²) in [7, 11) is 0. The zero-order valence-corrected chi connectivity index (χ0v) is 13.0. The van der Waals surface area contributed by atoms with E-state index in [0.717, 1.165) is 29.6 Å². The van der Waals surface area contributed by atoms with Crippen LogP contribution in [0.15, 0.2) is 24.3 Å². The van der Waals surface area contributed by atoms with Crippen LogP contribution in [0.25, 0.3) is 0 Å². The summed E-state index contributed by atoms with van der Waals surface area (Å²) in [5.74, 6) is 0.893. The minimum absolute atomic E-state index is 0.0171. The topological polar surface area (TPSA) is 32.3 Å². The van der Waals surface area contributed by atoms with Gasteiger partial charge in [0.25, 0.3) is 0 Å². The van der Waals surface area contributed by atoms with Crippen molar-refractivity contribution in [1.29, 1.82) is 0 Å². The summed E-state index contributed by atoms with van der Waals surface area (Å²) in [6.45, 7) is 6.85. The summed E-state index contributed by atoms with van der Waals surface area (Å²) in [5.41, 5.74) is 1.08. The molecular formula is C16H23ClN2O. The van der Waals surface area contributed by atoms with Crippen molar-refractivity contribution in [3.05, 3.63) is 34.9 Å². The standard InChI is InChI=1S/C16H23ClN2O/c1-12-7-9-19(10-8-12)11-16(20)18-13(2)14-3-5-15(17)6-4-14/h3-6,12-13H,7-11H2,1-2H3,(H,18,20). The molecule has 1 unspecified atom stereocenters. The van der Waals surface area contributed by atoms with Gasteiger partial charge in [0.05, 0.1) is 12.6 Å². The first-order chi connectivity index (χ1) is 9.54. The highest BCUT2D eigenvalue weighted by molar-refractivity contribution is 6.30. The Hall–Kier alpha value is -1.06. The molecule has 1 aromatic rings. The van der Waals surface area contributed by atoms with E-state index in [4.69, 9.17) is 11.6 Å². The van der Waals surface area contributed by atoms with Gasteiger partial charge in [-0.2, -0.15) is 0 Å². The lowest BCUT2D eigenvalue weighted by atomic mass is 9.99. The van der Waals surface area contributed by atoms with Gasteiger partial charge in [-0.25, -0.2) is 0 Å². The third-order valence-corrected chi connectivity index (χ3v) is 4.24. The molecule has 1 aromatic carbocycles. The van der Waals surface area contributed by atoms with Gasteiger partial charge < -0.3 is 5.32 Å². The number of nitrogens with zero attached hydrogens (tertiary/aromatic N) is 1. The summed E-state index contributed by atoms with van der Waals surface area (Å²) in [4.78, 5) is 14.3. The smallest absolute Gasteiger partial charge is 0.234 e. The highest BCUT2D eigenvalue weighted by Crippen LogP contribution is 2.17.